The smallest absolute Gasteiger partial charge is 0.201 e. The minimum atomic E-state index is 0.209. The molecule has 0 aromatic carbocycles. The summed E-state index contributed by atoms with van der Waals surface area (Å²) < 4.78 is 6.11. The number of aliphatic imine (C=N–C) groups is 1. The van der Waals surface area contributed by atoms with Crippen LogP contribution in [0, 0.1) is 6.92 Å². The Hall–Kier alpha value is -2.99. The largest absolute Gasteiger partial charge is 0.439 e. The van der Waals surface area contributed by atoms with Crippen molar-refractivity contribution >= 4 is 5.84 Å². The molecule has 0 spiro atoms. The lowest BCUT2D eigenvalue weighted by atomic mass is 9.89. The van der Waals surface area contributed by atoms with Crippen molar-refractivity contribution in [2.75, 3.05) is 13.6 Å². The molecule has 2 aromatic heterocycles. The molecule has 0 amide bonds. The average Bonchev–Trinajstić information content (AvgIpc) is 3.20. The van der Waals surface area contributed by atoms with Gasteiger partial charge in [0.25, 0.3) is 0 Å². The summed E-state index contributed by atoms with van der Waals surface area (Å²) in [7, 11) is 2.23. The number of hydrogen-bond donors (Lipinski definition) is 0. The highest BCUT2D eigenvalue weighted by Gasteiger charge is 2.39. The number of nitrogens with zero attached hydrogens (tertiary/aromatic N) is 5. The van der Waals surface area contributed by atoms with Crippen molar-refractivity contribution < 1.29 is 4.74 Å². The number of aryl methyl sites for hydroxylation is 1. The average molecular weight is 402 g/mol. The van der Waals surface area contributed by atoms with Crippen LogP contribution in [0.1, 0.15) is 36.6 Å². The summed E-state index contributed by atoms with van der Waals surface area (Å²) in [5.41, 5.74) is 2.47. The van der Waals surface area contributed by atoms with Crippen LogP contribution in [0.4, 0.5) is 0 Å². The Balaban J connectivity index is 1.34. The lowest BCUT2D eigenvalue weighted by Crippen LogP contribution is -2.47. The Kier molecular flexibility index (Phi) is 5.09. The van der Waals surface area contributed by atoms with Crippen LogP contribution in [0.25, 0.3) is 0 Å². The number of ether oxygens (including phenoxy) is 1. The van der Waals surface area contributed by atoms with Crippen molar-refractivity contribution in [1.82, 2.24) is 19.8 Å². The lowest BCUT2D eigenvalue weighted by molar-refractivity contribution is 0.0917. The van der Waals surface area contributed by atoms with Gasteiger partial charge in [0, 0.05) is 18.4 Å². The zero-order chi connectivity index (χ0) is 20.5. The quantitative estimate of drug-likeness (QED) is 0.778. The van der Waals surface area contributed by atoms with Gasteiger partial charge in [0.1, 0.15) is 11.6 Å². The van der Waals surface area contributed by atoms with Gasteiger partial charge in [-0.1, -0.05) is 12.1 Å². The number of hydrogen-bond acceptors (Lipinski definition) is 6. The Bertz CT molecular complexity index is 1000. The second kappa shape index (κ2) is 8.03. The van der Waals surface area contributed by atoms with Gasteiger partial charge in [-0.25, -0.2) is 0 Å². The fourth-order valence-electron chi connectivity index (χ4n) is 4.83. The van der Waals surface area contributed by atoms with E-state index in [1.54, 1.807) is 12.4 Å². The molecule has 154 valence electrons. The van der Waals surface area contributed by atoms with Crippen molar-refractivity contribution in [2.45, 2.75) is 44.3 Å². The van der Waals surface area contributed by atoms with E-state index in [4.69, 9.17) is 14.7 Å². The minimum Gasteiger partial charge on any atom is -0.439 e. The van der Waals surface area contributed by atoms with E-state index in [0.29, 0.717) is 12.1 Å². The van der Waals surface area contributed by atoms with E-state index in [1.807, 2.05) is 36.5 Å². The molecule has 1 fully saturated rings. The summed E-state index contributed by atoms with van der Waals surface area (Å²) in [5.74, 6) is 2.52. The van der Waals surface area contributed by atoms with E-state index < -0.39 is 0 Å². The molecule has 0 bridgehead atoms. The molecular formula is C24H27N5O. The number of amidine groups is 1. The molecule has 30 heavy (non-hydrogen) atoms. The van der Waals surface area contributed by atoms with Gasteiger partial charge in [-0.15, -0.1) is 0 Å². The third kappa shape index (κ3) is 3.52. The number of pyridine rings is 2. The Morgan fingerprint density at radius 3 is 2.87 bits per heavy atom. The fourth-order valence-corrected chi connectivity index (χ4v) is 4.83. The van der Waals surface area contributed by atoms with Gasteiger partial charge in [-0.2, -0.15) is 0 Å². The van der Waals surface area contributed by atoms with Crippen molar-refractivity contribution in [2.24, 2.45) is 4.99 Å². The Morgan fingerprint density at radius 1 is 1.13 bits per heavy atom. The van der Waals surface area contributed by atoms with Crippen LogP contribution in [0.15, 0.2) is 72.0 Å². The number of fused-ring (bicyclic) bond motifs is 1. The van der Waals surface area contributed by atoms with E-state index in [9.17, 15) is 0 Å². The standard InChI is InChI=1S/C24H27N5O/c1-17-7-5-14-26-24(17)21-10-3-9-20(28(21)2)19-16-29-22(27-19)11-4-12-23(29)30-18-8-6-13-25-15-18/h4-8,11-15,19-21H,3,9-10,16H2,1-2H3/t19?,20-,21+/m1/s1. The number of aromatic nitrogens is 2. The highest BCUT2D eigenvalue weighted by molar-refractivity contribution is 5.96. The zero-order valence-corrected chi connectivity index (χ0v) is 17.5. The first-order valence-corrected chi connectivity index (χ1v) is 10.7. The van der Waals surface area contributed by atoms with Crippen LogP contribution in [0.5, 0.6) is 5.75 Å². The molecule has 3 atom stereocenters. The van der Waals surface area contributed by atoms with Crippen LogP contribution in [0.3, 0.4) is 0 Å². The van der Waals surface area contributed by atoms with E-state index in [2.05, 4.69) is 40.9 Å². The molecule has 6 nitrogen and oxygen atoms in total. The molecule has 6 heteroatoms. The van der Waals surface area contributed by atoms with E-state index >= 15 is 0 Å². The van der Waals surface area contributed by atoms with Gasteiger partial charge < -0.3 is 4.74 Å². The lowest BCUT2D eigenvalue weighted by Gasteiger charge is -2.41. The van der Waals surface area contributed by atoms with Crippen LogP contribution in [-0.4, -0.2) is 51.3 Å². The van der Waals surface area contributed by atoms with Crippen LogP contribution < -0.4 is 4.74 Å². The number of piperidine rings is 1. The van der Waals surface area contributed by atoms with E-state index in [0.717, 1.165) is 36.9 Å². The van der Waals surface area contributed by atoms with Gasteiger partial charge in [0.15, 0.2) is 0 Å². The predicted molar refractivity (Wildman–Crippen MR) is 117 cm³/mol. The SMILES string of the molecule is Cc1cccnc1[C@@H]1CCC[C@H](C2CN3C(Oc4cccnc4)=CC=CC3=N2)N1C. The topological polar surface area (TPSA) is 53.9 Å². The summed E-state index contributed by atoms with van der Waals surface area (Å²) in [4.78, 5) is 18.6. The predicted octanol–water partition coefficient (Wildman–Crippen LogP) is 3.88. The van der Waals surface area contributed by atoms with E-state index in [-0.39, 0.29) is 6.04 Å². The van der Waals surface area contributed by atoms with Gasteiger partial charge in [-0.3, -0.25) is 24.8 Å². The van der Waals surface area contributed by atoms with E-state index in [1.165, 1.54) is 17.7 Å². The van der Waals surface area contributed by atoms with Gasteiger partial charge in [-0.05, 0) is 69.1 Å². The molecule has 3 aliphatic rings. The number of rotatable bonds is 4. The number of allylic oxidation sites excluding steroid dienone is 2. The monoisotopic (exact) mass is 401 g/mol. The molecule has 0 aliphatic carbocycles. The summed E-state index contributed by atoms with van der Waals surface area (Å²) in [6.07, 6.45) is 15.0. The van der Waals surface area contributed by atoms with Crippen LogP contribution in [-0.2, 0) is 0 Å². The molecule has 5 rings (SSSR count). The molecule has 1 unspecified atom stereocenters. The summed E-state index contributed by atoms with van der Waals surface area (Å²) >= 11 is 0. The first-order valence-electron chi connectivity index (χ1n) is 10.7. The molecular weight excluding hydrogens is 374 g/mol. The van der Waals surface area contributed by atoms with Gasteiger partial charge in [0.2, 0.25) is 5.88 Å². The van der Waals surface area contributed by atoms with Crippen LogP contribution in [0.2, 0.25) is 0 Å². The summed E-state index contributed by atoms with van der Waals surface area (Å²) in [6, 6.07) is 8.92. The van der Waals surface area contributed by atoms with Crippen molar-refractivity contribution in [3.8, 4) is 5.75 Å². The minimum absolute atomic E-state index is 0.209. The van der Waals surface area contributed by atoms with Crippen molar-refractivity contribution in [3.05, 3.63) is 78.2 Å². The Labute approximate surface area is 177 Å². The first kappa shape index (κ1) is 19.0. The van der Waals surface area contributed by atoms with Crippen molar-refractivity contribution in [3.63, 3.8) is 0 Å². The summed E-state index contributed by atoms with van der Waals surface area (Å²) in [5, 5.41) is 0. The molecule has 0 radical (unpaired) electrons. The van der Waals surface area contributed by atoms with Gasteiger partial charge >= 0.3 is 0 Å². The highest BCUT2D eigenvalue weighted by atomic mass is 16.5. The third-order valence-corrected chi connectivity index (χ3v) is 6.35. The van der Waals surface area contributed by atoms with Gasteiger partial charge in [0.05, 0.1) is 30.5 Å². The molecule has 3 aliphatic heterocycles. The summed E-state index contributed by atoms with van der Waals surface area (Å²) in [6.45, 7) is 2.99. The highest BCUT2D eigenvalue weighted by Crippen LogP contribution is 2.37. The maximum absolute atomic E-state index is 6.11. The Morgan fingerprint density at radius 2 is 2.03 bits per heavy atom. The number of likely N-dealkylation sites (tertiary alicyclic amines) is 1. The molecule has 5 heterocycles. The second-order valence-corrected chi connectivity index (χ2v) is 8.21. The molecule has 1 saturated heterocycles. The first-order chi connectivity index (χ1) is 14.7. The second-order valence-electron chi connectivity index (χ2n) is 8.21. The molecule has 0 N–H and O–H groups in total. The van der Waals surface area contributed by atoms with Crippen molar-refractivity contribution in [1.29, 1.82) is 0 Å². The molecule has 2 aromatic rings. The van der Waals surface area contributed by atoms with Crippen LogP contribution >= 0.6 is 0 Å². The number of likely N-dealkylation sites (N-methyl/N-ethyl adjacent to an activating group) is 1. The fraction of sp³-hybridized carbons (Fsp3) is 0.375. The normalized spacial score (nSPS) is 26.2. The maximum atomic E-state index is 6.11. The maximum Gasteiger partial charge on any atom is 0.201 e. The third-order valence-electron chi connectivity index (χ3n) is 6.35. The molecule has 0 saturated carbocycles. The zero-order valence-electron chi connectivity index (χ0n) is 17.5.